The van der Waals surface area contributed by atoms with Crippen LogP contribution in [0.3, 0.4) is 0 Å². The molecule has 0 N–H and O–H groups in total. The molecule has 2 heteroatoms. The number of halogens is 1. The standard InChI is InChI=1S/C18H27BrO/c1-17(2,3)12-7-8-16(15(9-12)18(4,5)6)20-14-10-13(19)11-14/h7-9,13-14H,10-11H2,1-6H3. The summed E-state index contributed by atoms with van der Waals surface area (Å²) in [6.07, 6.45) is 2.61. The first kappa shape index (κ1) is 15.9. The summed E-state index contributed by atoms with van der Waals surface area (Å²) >= 11 is 3.63. The van der Waals surface area contributed by atoms with Gasteiger partial charge in [0.25, 0.3) is 0 Å². The fourth-order valence-electron chi connectivity index (χ4n) is 2.46. The minimum Gasteiger partial charge on any atom is -0.490 e. The van der Waals surface area contributed by atoms with Crippen LogP contribution in [0.2, 0.25) is 0 Å². The fourth-order valence-corrected chi connectivity index (χ4v) is 3.30. The van der Waals surface area contributed by atoms with Gasteiger partial charge in [-0.05, 0) is 40.9 Å². The molecule has 1 fully saturated rings. The molecule has 0 aliphatic heterocycles. The minimum atomic E-state index is 0.105. The van der Waals surface area contributed by atoms with E-state index in [0.717, 1.165) is 18.6 Å². The molecular weight excluding hydrogens is 312 g/mol. The molecule has 1 aliphatic carbocycles. The van der Waals surface area contributed by atoms with Crippen molar-refractivity contribution in [2.75, 3.05) is 0 Å². The Morgan fingerprint density at radius 2 is 1.60 bits per heavy atom. The number of ether oxygens (including phenoxy) is 1. The summed E-state index contributed by atoms with van der Waals surface area (Å²) in [5.74, 6) is 1.06. The largest absolute Gasteiger partial charge is 0.490 e. The Labute approximate surface area is 132 Å². The first-order valence-corrected chi connectivity index (χ1v) is 8.44. The summed E-state index contributed by atoms with van der Waals surface area (Å²) in [6.45, 7) is 13.6. The lowest BCUT2D eigenvalue weighted by atomic mass is 9.80. The first-order valence-electron chi connectivity index (χ1n) is 7.53. The third-order valence-corrected chi connectivity index (χ3v) is 4.73. The van der Waals surface area contributed by atoms with Crippen molar-refractivity contribution in [3.8, 4) is 5.75 Å². The van der Waals surface area contributed by atoms with Gasteiger partial charge in [0.15, 0.2) is 0 Å². The van der Waals surface area contributed by atoms with Gasteiger partial charge in [0, 0.05) is 4.83 Å². The summed E-state index contributed by atoms with van der Waals surface area (Å²) in [5.41, 5.74) is 2.98. The van der Waals surface area contributed by atoms with Crippen molar-refractivity contribution in [3.63, 3.8) is 0 Å². The van der Waals surface area contributed by atoms with Crippen LogP contribution >= 0.6 is 15.9 Å². The second-order valence-corrected chi connectivity index (χ2v) is 9.31. The van der Waals surface area contributed by atoms with Gasteiger partial charge in [-0.3, -0.25) is 0 Å². The second-order valence-electron chi connectivity index (χ2n) is 8.02. The van der Waals surface area contributed by atoms with E-state index in [0.29, 0.717) is 10.9 Å². The highest BCUT2D eigenvalue weighted by molar-refractivity contribution is 9.09. The molecule has 112 valence electrons. The highest BCUT2D eigenvalue weighted by atomic mass is 79.9. The SMILES string of the molecule is CC(C)(C)c1ccc(OC2CC(Br)C2)c(C(C)(C)C)c1. The maximum Gasteiger partial charge on any atom is 0.123 e. The van der Waals surface area contributed by atoms with Gasteiger partial charge >= 0.3 is 0 Å². The van der Waals surface area contributed by atoms with Crippen molar-refractivity contribution in [1.82, 2.24) is 0 Å². The van der Waals surface area contributed by atoms with E-state index in [1.165, 1.54) is 11.1 Å². The Morgan fingerprint density at radius 1 is 1.00 bits per heavy atom. The zero-order valence-corrected chi connectivity index (χ0v) is 15.2. The van der Waals surface area contributed by atoms with Gasteiger partial charge in [-0.15, -0.1) is 0 Å². The van der Waals surface area contributed by atoms with Crippen LogP contribution in [0.25, 0.3) is 0 Å². The molecule has 2 rings (SSSR count). The molecule has 0 spiro atoms. The predicted octanol–water partition coefficient (Wildman–Crippen LogP) is 5.59. The van der Waals surface area contributed by atoms with E-state index in [2.05, 4.69) is 75.7 Å². The molecule has 1 aromatic rings. The van der Waals surface area contributed by atoms with Gasteiger partial charge in [-0.2, -0.15) is 0 Å². The third kappa shape index (κ3) is 3.58. The predicted molar refractivity (Wildman–Crippen MR) is 90.2 cm³/mol. The highest BCUT2D eigenvalue weighted by Crippen LogP contribution is 2.38. The molecule has 20 heavy (non-hydrogen) atoms. The molecule has 0 amide bonds. The molecule has 0 aromatic heterocycles. The van der Waals surface area contributed by atoms with Crippen molar-refractivity contribution in [2.24, 2.45) is 0 Å². The van der Waals surface area contributed by atoms with Crippen LogP contribution < -0.4 is 4.74 Å². The van der Waals surface area contributed by atoms with Crippen LogP contribution in [-0.2, 0) is 10.8 Å². The van der Waals surface area contributed by atoms with Crippen LogP contribution in [0, 0.1) is 0 Å². The molecule has 1 aliphatic rings. The van der Waals surface area contributed by atoms with Crippen LogP contribution in [0.5, 0.6) is 5.75 Å². The molecule has 1 saturated carbocycles. The average Bonchev–Trinajstić information content (AvgIpc) is 2.24. The van der Waals surface area contributed by atoms with Crippen LogP contribution in [-0.4, -0.2) is 10.9 Å². The number of benzene rings is 1. The Hall–Kier alpha value is -0.500. The highest BCUT2D eigenvalue weighted by Gasteiger charge is 2.30. The number of hydrogen-bond acceptors (Lipinski definition) is 1. The number of alkyl halides is 1. The van der Waals surface area contributed by atoms with Crippen molar-refractivity contribution < 1.29 is 4.74 Å². The molecule has 1 nitrogen and oxygen atoms in total. The van der Waals surface area contributed by atoms with E-state index in [4.69, 9.17) is 4.74 Å². The monoisotopic (exact) mass is 338 g/mol. The van der Waals surface area contributed by atoms with Gasteiger partial charge in [-0.25, -0.2) is 0 Å². The maximum atomic E-state index is 6.22. The Morgan fingerprint density at radius 3 is 2.05 bits per heavy atom. The van der Waals surface area contributed by atoms with Crippen LogP contribution in [0.4, 0.5) is 0 Å². The Balaban J connectivity index is 2.31. The topological polar surface area (TPSA) is 9.23 Å². The number of hydrogen-bond donors (Lipinski definition) is 0. The summed E-state index contributed by atoms with van der Waals surface area (Å²) in [4.78, 5) is 0.638. The average molecular weight is 339 g/mol. The van der Waals surface area contributed by atoms with E-state index in [-0.39, 0.29) is 10.8 Å². The lowest BCUT2D eigenvalue weighted by Crippen LogP contribution is -2.34. The van der Waals surface area contributed by atoms with E-state index < -0.39 is 0 Å². The normalized spacial score (nSPS) is 23.4. The quantitative estimate of drug-likeness (QED) is 0.639. The summed E-state index contributed by atoms with van der Waals surface area (Å²) in [5, 5.41) is 0. The number of rotatable bonds is 2. The summed E-state index contributed by atoms with van der Waals surface area (Å²) in [6, 6.07) is 6.72. The lowest BCUT2D eigenvalue weighted by Gasteiger charge is -2.34. The molecule has 1 aromatic carbocycles. The van der Waals surface area contributed by atoms with E-state index in [9.17, 15) is 0 Å². The molecule has 0 saturated heterocycles. The molecule has 0 atom stereocenters. The zero-order chi connectivity index (χ0) is 15.1. The lowest BCUT2D eigenvalue weighted by molar-refractivity contribution is 0.125. The second kappa shape index (κ2) is 5.36. The molecule has 0 unspecified atom stereocenters. The van der Waals surface area contributed by atoms with Gasteiger partial charge in [0.05, 0.1) is 0 Å². The van der Waals surface area contributed by atoms with Gasteiger partial charge in [0.2, 0.25) is 0 Å². The zero-order valence-electron chi connectivity index (χ0n) is 13.6. The van der Waals surface area contributed by atoms with E-state index in [1.807, 2.05) is 0 Å². The fraction of sp³-hybridized carbons (Fsp3) is 0.667. The van der Waals surface area contributed by atoms with Gasteiger partial charge in [-0.1, -0.05) is 69.6 Å². The Kier molecular flexibility index (Phi) is 4.26. The molecule has 0 radical (unpaired) electrons. The van der Waals surface area contributed by atoms with E-state index in [1.54, 1.807) is 0 Å². The van der Waals surface area contributed by atoms with Gasteiger partial charge < -0.3 is 4.74 Å². The Bertz CT molecular complexity index is 473. The third-order valence-electron chi connectivity index (χ3n) is 3.98. The van der Waals surface area contributed by atoms with Crippen molar-refractivity contribution >= 4 is 15.9 Å². The maximum absolute atomic E-state index is 6.22. The first-order chi connectivity index (χ1) is 9.07. The summed E-state index contributed by atoms with van der Waals surface area (Å²) < 4.78 is 6.22. The molecular formula is C18H27BrO. The van der Waals surface area contributed by atoms with E-state index >= 15 is 0 Å². The molecule has 0 bridgehead atoms. The van der Waals surface area contributed by atoms with Crippen LogP contribution in [0.1, 0.15) is 65.5 Å². The van der Waals surface area contributed by atoms with Crippen molar-refractivity contribution in [1.29, 1.82) is 0 Å². The minimum absolute atomic E-state index is 0.105. The van der Waals surface area contributed by atoms with Crippen LogP contribution in [0.15, 0.2) is 18.2 Å². The smallest absolute Gasteiger partial charge is 0.123 e. The van der Waals surface area contributed by atoms with Gasteiger partial charge in [0.1, 0.15) is 11.9 Å². The molecule has 0 heterocycles. The van der Waals surface area contributed by atoms with Crippen molar-refractivity contribution in [3.05, 3.63) is 29.3 Å². The summed E-state index contributed by atoms with van der Waals surface area (Å²) in [7, 11) is 0. The van der Waals surface area contributed by atoms with Crippen molar-refractivity contribution in [2.45, 2.75) is 76.1 Å².